The van der Waals surface area contributed by atoms with Gasteiger partial charge in [0.15, 0.2) is 0 Å². The second-order valence-corrected chi connectivity index (χ2v) is 1.36. The Morgan fingerprint density at radius 3 is 2.11 bits per heavy atom. The quantitative estimate of drug-likeness (QED) is 0.565. The van der Waals surface area contributed by atoms with E-state index in [1.807, 2.05) is 19.1 Å². The van der Waals surface area contributed by atoms with Crippen LogP contribution in [0.3, 0.4) is 0 Å². The minimum atomic E-state index is 1.00. The Balaban J connectivity index is 0. The molecule has 0 fully saturated rings. The van der Waals surface area contributed by atoms with Gasteiger partial charge in [0.2, 0.25) is 0 Å². The topological polar surface area (TPSA) is 20.2 Å². The van der Waals surface area contributed by atoms with E-state index in [0.717, 1.165) is 13.5 Å². The van der Waals surface area contributed by atoms with Crippen molar-refractivity contribution >= 4 is 0 Å². The van der Waals surface area contributed by atoms with Crippen molar-refractivity contribution in [3.8, 4) is 0 Å². The Bertz CT molecular complexity index is 72.6. The van der Waals surface area contributed by atoms with Crippen LogP contribution in [0.15, 0.2) is 24.3 Å². The van der Waals surface area contributed by atoms with Gasteiger partial charge >= 0.3 is 0 Å². The summed E-state index contributed by atoms with van der Waals surface area (Å²) in [6.45, 7) is 4.14. The van der Waals surface area contributed by atoms with Gasteiger partial charge in [0.05, 0.1) is 0 Å². The maximum Gasteiger partial charge on any atom is 0.0319 e. The van der Waals surface area contributed by atoms with E-state index in [0.29, 0.717) is 0 Å². The summed E-state index contributed by atoms with van der Waals surface area (Å²) in [5.74, 6) is 0. The third-order valence-corrected chi connectivity index (χ3v) is 0.675. The second-order valence-electron chi connectivity index (χ2n) is 1.36. The van der Waals surface area contributed by atoms with Crippen molar-refractivity contribution in [2.75, 3.05) is 7.11 Å². The first kappa shape index (κ1) is 11.3. The zero-order valence-corrected chi connectivity index (χ0v) is 6.46. The van der Waals surface area contributed by atoms with E-state index in [4.69, 9.17) is 5.11 Å². The van der Waals surface area contributed by atoms with Crippen molar-refractivity contribution in [2.24, 2.45) is 0 Å². The number of hydrogen-bond acceptors (Lipinski definition) is 1. The number of hydrogen-bond donors (Lipinski definition) is 1. The number of allylic oxidation sites excluding steroid dienone is 4. The summed E-state index contributed by atoms with van der Waals surface area (Å²) in [5, 5.41) is 7.00. The van der Waals surface area contributed by atoms with Gasteiger partial charge in [-0.25, -0.2) is 0 Å². The molecule has 0 radical (unpaired) electrons. The predicted octanol–water partition coefficient (Wildman–Crippen LogP) is 2.14. The highest BCUT2D eigenvalue weighted by Gasteiger charge is 1.57. The van der Waals surface area contributed by atoms with E-state index in [1.165, 1.54) is 0 Å². The zero-order valence-electron chi connectivity index (χ0n) is 6.46. The summed E-state index contributed by atoms with van der Waals surface area (Å²) in [6.07, 6.45) is 9.36. The molecule has 0 heterocycles. The smallest absolute Gasteiger partial charge is 0.0319 e. The van der Waals surface area contributed by atoms with Crippen molar-refractivity contribution in [2.45, 2.75) is 20.3 Å². The Kier molecular flexibility index (Phi) is 19.6. The zero-order chi connectivity index (χ0) is 7.54. The molecule has 0 aromatic carbocycles. The lowest BCUT2D eigenvalue weighted by atomic mass is 10.4. The summed E-state index contributed by atoms with van der Waals surface area (Å²) >= 11 is 0. The number of aliphatic hydroxyl groups excluding tert-OH is 1. The Morgan fingerprint density at radius 2 is 1.78 bits per heavy atom. The standard InChI is InChI=1S/C7H12.CH4O/c1-3-5-7-6-4-2;1-2/h3,5-7H,4H2,1-2H3;2H,1H3/b5-3-,7-6-;. The van der Waals surface area contributed by atoms with E-state index in [1.54, 1.807) is 0 Å². The molecule has 0 unspecified atom stereocenters. The van der Waals surface area contributed by atoms with Gasteiger partial charge in [0.25, 0.3) is 0 Å². The van der Waals surface area contributed by atoms with Crippen LogP contribution >= 0.6 is 0 Å². The molecule has 0 spiro atoms. The lowest BCUT2D eigenvalue weighted by Crippen LogP contribution is -1.48. The normalized spacial score (nSPS) is 9.78. The van der Waals surface area contributed by atoms with Gasteiger partial charge in [0, 0.05) is 7.11 Å². The third-order valence-electron chi connectivity index (χ3n) is 0.675. The summed E-state index contributed by atoms with van der Waals surface area (Å²) in [4.78, 5) is 0. The fourth-order valence-corrected chi connectivity index (χ4v) is 0.326. The lowest BCUT2D eigenvalue weighted by Gasteiger charge is -1.70. The molecule has 0 bridgehead atoms. The highest BCUT2D eigenvalue weighted by Crippen LogP contribution is 1.79. The first-order chi connectivity index (χ1) is 4.41. The molecule has 0 rings (SSSR count). The van der Waals surface area contributed by atoms with Crippen LogP contribution in [-0.2, 0) is 0 Å². The maximum atomic E-state index is 7.00. The van der Waals surface area contributed by atoms with Crippen LogP contribution < -0.4 is 0 Å². The van der Waals surface area contributed by atoms with E-state index in [9.17, 15) is 0 Å². The van der Waals surface area contributed by atoms with Crippen LogP contribution in [0.1, 0.15) is 20.3 Å². The van der Waals surface area contributed by atoms with Crippen molar-refractivity contribution in [3.63, 3.8) is 0 Å². The summed E-state index contributed by atoms with van der Waals surface area (Å²) in [5.41, 5.74) is 0. The molecule has 0 aromatic rings. The molecule has 0 aliphatic rings. The molecule has 9 heavy (non-hydrogen) atoms. The molecular formula is C8H16O. The fourth-order valence-electron chi connectivity index (χ4n) is 0.326. The summed E-state index contributed by atoms with van der Waals surface area (Å²) in [6, 6.07) is 0. The maximum absolute atomic E-state index is 7.00. The minimum Gasteiger partial charge on any atom is -0.400 e. The molecule has 0 amide bonds. The predicted molar refractivity (Wildman–Crippen MR) is 42.4 cm³/mol. The number of aliphatic hydroxyl groups is 1. The van der Waals surface area contributed by atoms with Crippen molar-refractivity contribution in [1.82, 2.24) is 0 Å². The van der Waals surface area contributed by atoms with Crippen molar-refractivity contribution < 1.29 is 5.11 Å². The van der Waals surface area contributed by atoms with E-state index >= 15 is 0 Å². The van der Waals surface area contributed by atoms with Gasteiger partial charge in [-0.2, -0.15) is 0 Å². The van der Waals surface area contributed by atoms with Gasteiger partial charge in [-0.05, 0) is 13.3 Å². The SMILES string of the molecule is C/C=C\C=C/CC.CO. The number of rotatable bonds is 2. The minimum absolute atomic E-state index is 1.00. The van der Waals surface area contributed by atoms with Gasteiger partial charge in [-0.1, -0.05) is 31.2 Å². The van der Waals surface area contributed by atoms with Crippen molar-refractivity contribution in [3.05, 3.63) is 24.3 Å². The summed E-state index contributed by atoms with van der Waals surface area (Å²) < 4.78 is 0. The van der Waals surface area contributed by atoms with Crippen molar-refractivity contribution in [1.29, 1.82) is 0 Å². The molecule has 0 aromatic heterocycles. The monoisotopic (exact) mass is 128 g/mol. The Hall–Kier alpha value is -0.560. The molecule has 1 N–H and O–H groups in total. The third kappa shape index (κ3) is 18.6. The first-order valence-electron chi connectivity index (χ1n) is 3.14. The molecule has 54 valence electrons. The van der Waals surface area contributed by atoms with Gasteiger partial charge < -0.3 is 5.11 Å². The fraction of sp³-hybridized carbons (Fsp3) is 0.500. The van der Waals surface area contributed by atoms with Gasteiger partial charge in [-0.3, -0.25) is 0 Å². The molecule has 1 nitrogen and oxygen atoms in total. The Morgan fingerprint density at radius 1 is 1.22 bits per heavy atom. The average molecular weight is 128 g/mol. The van der Waals surface area contributed by atoms with Crippen LogP contribution in [0.5, 0.6) is 0 Å². The van der Waals surface area contributed by atoms with E-state index < -0.39 is 0 Å². The Labute approximate surface area is 57.7 Å². The van der Waals surface area contributed by atoms with Gasteiger partial charge in [-0.15, -0.1) is 0 Å². The van der Waals surface area contributed by atoms with E-state index in [-0.39, 0.29) is 0 Å². The molecular weight excluding hydrogens is 112 g/mol. The molecule has 1 heteroatoms. The summed E-state index contributed by atoms with van der Waals surface area (Å²) in [7, 11) is 1.00. The largest absolute Gasteiger partial charge is 0.400 e. The highest BCUT2D eigenvalue weighted by molar-refractivity contribution is 5.00. The van der Waals surface area contributed by atoms with Crippen LogP contribution in [-0.4, -0.2) is 12.2 Å². The second kappa shape index (κ2) is 15.7. The first-order valence-corrected chi connectivity index (χ1v) is 3.14. The highest BCUT2D eigenvalue weighted by atomic mass is 16.2. The van der Waals surface area contributed by atoms with Crippen LogP contribution in [0.25, 0.3) is 0 Å². The lowest BCUT2D eigenvalue weighted by molar-refractivity contribution is 0.399. The van der Waals surface area contributed by atoms with Gasteiger partial charge in [0.1, 0.15) is 0 Å². The van der Waals surface area contributed by atoms with Crippen LogP contribution in [0, 0.1) is 0 Å². The molecule has 0 saturated heterocycles. The molecule has 0 aliphatic heterocycles. The molecule has 0 aliphatic carbocycles. The van der Waals surface area contributed by atoms with Crippen LogP contribution in [0.4, 0.5) is 0 Å². The van der Waals surface area contributed by atoms with E-state index in [2.05, 4.69) is 19.1 Å². The molecule has 0 saturated carbocycles. The van der Waals surface area contributed by atoms with Crippen LogP contribution in [0.2, 0.25) is 0 Å². The molecule has 0 atom stereocenters. The average Bonchev–Trinajstić information content (AvgIpc) is 1.94.